The van der Waals surface area contributed by atoms with Gasteiger partial charge < -0.3 is 14.9 Å². The van der Waals surface area contributed by atoms with Crippen LogP contribution in [-0.4, -0.2) is 57.6 Å². The fraction of sp³-hybridized carbons (Fsp3) is 0.818. The van der Waals surface area contributed by atoms with Gasteiger partial charge >= 0.3 is 12.1 Å². The van der Waals surface area contributed by atoms with E-state index in [1.165, 1.54) is 0 Å². The van der Waals surface area contributed by atoms with Crippen LogP contribution in [0.25, 0.3) is 0 Å². The molecule has 6 nitrogen and oxygen atoms in total. The van der Waals surface area contributed by atoms with Gasteiger partial charge in [-0.2, -0.15) is 0 Å². The van der Waals surface area contributed by atoms with Crippen LogP contribution in [0.4, 0.5) is 9.18 Å². The number of nitrogens with zero attached hydrogens (tertiary/aromatic N) is 1. The predicted octanol–water partition coefficient (Wildman–Crippen LogP) is 0.781. The van der Waals surface area contributed by atoms with E-state index in [1.807, 2.05) is 0 Å². The van der Waals surface area contributed by atoms with Crippen LogP contribution in [0.15, 0.2) is 0 Å². The highest BCUT2D eigenvalue weighted by Gasteiger charge is 2.50. The summed E-state index contributed by atoms with van der Waals surface area (Å²) in [6, 6.07) is -1.31. The average molecular weight is 263 g/mol. The highest BCUT2D eigenvalue weighted by atomic mass is 19.1. The number of likely N-dealkylation sites (tertiary alicyclic amines) is 1. The summed E-state index contributed by atoms with van der Waals surface area (Å²) in [4.78, 5) is 23.6. The lowest BCUT2D eigenvalue weighted by Crippen LogP contribution is -2.44. The number of rotatable bonds is 2. The number of ether oxygens (including phenoxy) is 1. The van der Waals surface area contributed by atoms with Crippen molar-refractivity contribution in [3.63, 3.8) is 0 Å². The van der Waals surface area contributed by atoms with E-state index >= 15 is 0 Å². The topological polar surface area (TPSA) is 87.1 Å². The third-order valence-corrected chi connectivity index (χ3v) is 2.59. The fourth-order valence-electron chi connectivity index (χ4n) is 1.78. The Morgan fingerprint density at radius 1 is 1.50 bits per heavy atom. The molecule has 0 aromatic carbocycles. The van der Waals surface area contributed by atoms with Gasteiger partial charge in [-0.25, -0.2) is 14.0 Å². The van der Waals surface area contributed by atoms with Gasteiger partial charge in [-0.05, 0) is 20.8 Å². The van der Waals surface area contributed by atoms with Crippen molar-refractivity contribution in [2.45, 2.75) is 44.5 Å². The number of alkyl halides is 1. The number of aliphatic hydroxyl groups excluding tert-OH is 1. The molecule has 0 aromatic heterocycles. The standard InChI is InChI=1S/C11H18FNO5/c1-10(2,3)18-9(17)13-5-11(12,6-14)4-7(13)8(15)16/h7,14H,4-6H2,1-3H3,(H,15,16). The Morgan fingerprint density at radius 2 is 2.06 bits per heavy atom. The van der Waals surface area contributed by atoms with E-state index < -0.39 is 48.9 Å². The number of hydrogen-bond donors (Lipinski definition) is 2. The molecule has 2 unspecified atom stereocenters. The van der Waals surface area contributed by atoms with Gasteiger partial charge in [-0.15, -0.1) is 0 Å². The molecule has 1 saturated heterocycles. The molecule has 2 N–H and O–H groups in total. The number of aliphatic carboxylic acids is 1. The van der Waals surface area contributed by atoms with E-state index in [1.54, 1.807) is 20.8 Å². The first-order chi connectivity index (χ1) is 8.08. The summed E-state index contributed by atoms with van der Waals surface area (Å²) in [5.74, 6) is -1.31. The highest BCUT2D eigenvalue weighted by Crippen LogP contribution is 2.31. The second-order valence-corrected chi connectivity index (χ2v) is 5.48. The first kappa shape index (κ1) is 14.7. The molecule has 2 atom stereocenters. The molecule has 0 radical (unpaired) electrons. The van der Waals surface area contributed by atoms with Crippen LogP contribution in [0.5, 0.6) is 0 Å². The molecular formula is C11H18FNO5. The summed E-state index contributed by atoms with van der Waals surface area (Å²) in [7, 11) is 0. The zero-order valence-electron chi connectivity index (χ0n) is 10.6. The molecule has 0 aromatic rings. The summed E-state index contributed by atoms with van der Waals surface area (Å²) in [5.41, 5.74) is -2.87. The SMILES string of the molecule is CC(C)(C)OC(=O)N1CC(F)(CO)CC1C(=O)O. The number of carbonyl (C=O) groups excluding carboxylic acids is 1. The van der Waals surface area contributed by atoms with Gasteiger partial charge in [-0.1, -0.05) is 0 Å². The Hall–Kier alpha value is -1.37. The lowest BCUT2D eigenvalue weighted by molar-refractivity contribution is -0.142. The molecule has 0 spiro atoms. The molecule has 1 aliphatic heterocycles. The Morgan fingerprint density at radius 3 is 2.44 bits per heavy atom. The van der Waals surface area contributed by atoms with Crippen LogP contribution in [-0.2, 0) is 9.53 Å². The number of hydrogen-bond acceptors (Lipinski definition) is 4. The Labute approximate surface area is 104 Å². The number of amides is 1. The monoisotopic (exact) mass is 263 g/mol. The maximum Gasteiger partial charge on any atom is 0.411 e. The third-order valence-electron chi connectivity index (χ3n) is 2.59. The lowest BCUT2D eigenvalue weighted by atomic mass is 10.0. The quantitative estimate of drug-likeness (QED) is 0.768. The summed E-state index contributed by atoms with van der Waals surface area (Å²) < 4.78 is 18.9. The van der Waals surface area contributed by atoms with Gasteiger partial charge in [0.15, 0.2) is 5.67 Å². The maximum atomic E-state index is 13.9. The van der Waals surface area contributed by atoms with Crippen molar-refractivity contribution in [2.75, 3.05) is 13.2 Å². The normalized spacial score (nSPS) is 28.3. The van der Waals surface area contributed by atoms with Crippen LogP contribution in [0, 0.1) is 0 Å². The predicted molar refractivity (Wildman–Crippen MR) is 59.9 cm³/mol. The molecule has 0 saturated carbocycles. The molecule has 1 aliphatic rings. The molecule has 1 heterocycles. The second kappa shape index (κ2) is 4.72. The summed E-state index contributed by atoms with van der Waals surface area (Å²) >= 11 is 0. The Balaban J connectivity index is 2.85. The lowest BCUT2D eigenvalue weighted by Gasteiger charge is -2.26. The van der Waals surface area contributed by atoms with Crippen molar-refractivity contribution in [1.82, 2.24) is 4.90 Å². The van der Waals surface area contributed by atoms with Crippen LogP contribution in [0.3, 0.4) is 0 Å². The van der Waals surface area contributed by atoms with E-state index in [0.717, 1.165) is 4.90 Å². The number of carboxylic acid groups (broad SMARTS) is 1. The van der Waals surface area contributed by atoms with Crippen LogP contribution in [0.1, 0.15) is 27.2 Å². The van der Waals surface area contributed by atoms with E-state index in [2.05, 4.69) is 0 Å². The van der Waals surface area contributed by atoms with Crippen LogP contribution in [0.2, 0.25) is 0 Å². The first-order valence-electron chi connectivity index (χ1n) is 5.60. The largest absolute Gasteiger partial charge is 0.480 e. The molecule has 0 bridgehead atoms. The van der Waals surface area contributed by atoms with Crippen molar-refractivity contribution in [1.29, 1.82) is 0 Å². The molecule has 0 aliphatic carbocycles. The van der Waals surface area contributed by atoms with Crippen molar-refractivity contribution in [3.05, 3.63) is 0 Å². The van der Waals surface area contributed by atoms with Gasteiger partial charge in [0.1, 0.15) is 11.6 Å². The first-order valence-corrected chi connectivity index (χ1v) is 5.60. The molecule has 1 amide bonds. The Bertz CT molecular complexity index is 354. The van der Waals surface area contributed by atoms with Crippen molar-refractivity contribution >= 4 is 12.1 Å². The third kappa shape index (κ3) is 3.32. The highest BCUT2D eigenvalue weighted by molar-refractivity contribution is 5.81. The summed E-state index contributed by atoms with van der Waals surface area (Å²) in [6.45, 7) is 3.59. The number of aliphatic hydroxyl groups is 1. The number of carboxylic acids is 1. The minimum absolute atomic E-state index is 0.432. The van der Waals surface area contributed by atoms with Crippen molar-refractivity contribution in [2.24, 2.45) is 0 Å². The van der Waals surface area contributed by atoms with E-state index in [9.17, 15) is 14.0 Å². The smallest absolute Gasteiger partial charge is 0.411 e. The summed E-state index contributed by atoms with van der Waals surface area (Å²) in [6.07, 6.45) is -1.32. The van der Waals surface area contributed by atoms with E-state index in [4.69, 9.17) is 14.9 Å². The van der Waals surface area contributed by atoms with Crippen molar-refractivity contribution in [3.8, 4) is 0 Å². The maximum absolute atomic E-state index is 13.9. The molecule has 104 valence electrons. The van der Waals surface area contributed by atoms with Gasteiger partial charge in [0.2, 0.25) is 0 Å². The van der Waals surface area contributed by atoms with Gasteiger partial charge in [0.05, 0.1) is 13.2 Å². The fourth-order valence-corrected chi connectivity index (χ4v) is 1.78. The van der Waals surface area contributed by atoms with Gasteiger partial charge in [0, 0.05) is 6.42 Å². The van der Waals surface area contributed by atoms with E-state index in [0.29, 0.717) is 0 Å². The minimum atomic E-state index is -2.08. The molecule has 18 heavy (non-hydrogen) atoms. The van der Waals surface area contributed by atoms with Crippen molar-refractivity contribution < 1.29 is 28.9 Å². The number of halogens is 1. The molecular weight excluding hydrogens is 245 g/mol. The number of carbonyl (C=O) groups is 2. The van der Waals surface area contributed by atoms with Crippen LogP contribution < -0.4 is 0 Å². The van der Waals surface area contributed by atoms with E-state index in [-0.39, 0.29) is 0 Å². The van der Waals surface area contributed by atoms with Gasteiger partial charge in [-0.3, -0.25) is 4.90 Å². The minimum Gasteiger partial charge on any atom is -0.480 e. The zero-order chi connectivity index (χ0) is 14.1. The average Bonchev–Trinajstić information content (AvgIpc) is 2.55. The van der Waals surface area contributed by atoms with Gasteiger partial charge in [0.25, 0.3) is 0 Å². The zero-order valence-corrected chi connectivity index (χ0v) is 10.6. The molecule has 1 fully saturated rings. The second-order valence-electron chi connectivity index (χ2n) is 5.48. The molecule has 7 heteroatoms. The van der Waals surface area contributed by atoms with Crippen LogP contribution >= 0.6 is 0 Å². The summed E-state index contributed by atoms with van der Waals surface area (Å²) in [5, 5.41) is 17.9. The molecule has 1 rings (SSSR count). The Kier molecular flexibility index (Phi) is 3.85.